The van der Waals surface area contributed by atoms with Crippen LogP contribution in [0.1, 0.15) is 55.7 Å². The van der Waals surface area contributed by atoms with Gasteiger partial charge in [-0.3, -0.25) is 14.9 Å². The van der Waals surface area contributed by atoms with E-state index in [9.17, 15) is 19.3 Å². The van der Waals surface area contributed by atoms with Crippen molar-refractivity contribution >= 4 is 39.1 Å². The van der Waals surface area contributed by atoms with Gasteiger partial charge >= 0.3 is 5.00 Å². The van der Waals surface area contributed by atoms with Gasteiger partial charge in [-0.15, -0.1) is 0 Å². The number of rotatable bonds is 5. The second-order valence-electron chi connectivity index (χ2n) is 10.0. The molecule has 1 saturated carbocycles. The number of amides is 1. The van der Waals surface area contributed by atoms with Crippen molar-refractivity contribution in [3.05, 3.63) is 57.6 Å². The van der Waals surface area contributed by atoms with Crippen molar-refractivity contribution in [1.82, 2.24) is 24.7 Å². The summed E-state index contributed by atoms with van der Waals surface area (Å²) in [7, 11) is 0. The molecule has 1 aliphatic carbocycles. The number of hydrogen-bond acceptors (Lipinski definition) is 8. The molecule has 2 atom stereocenters. The Labute approximate surface area is 209 Å². The average molecular weight is 510 g/mol. The van der Waals surface area contributed by atoms with Crippen LogP contribution in [0.2, 0.25) is 0 Å². The van der Waals surface area contributed by atoms with Gasteiger partial charge in [-0.2, -0.15) is 9.49 Å². The lowest BCUT2D eigenvalue weighted by Gasteiger charge is -2.39. The van der Waals surface area contributed by atoms with Crippen LogP contribution in [0.15, 0.2) is 36.7 Å². The third kappa shape index (κ3) is 4.68. The number of halogens is 1. The number of anilines is 1. The van der Waals surface area contributed by atoms with Crippen LogP contribution in [-0.2, 0) is 0 Å². The molecule has 1 aliphatic rings. The highest BCUT2D eigenvalue weighted by molar-refractivity contribution is 7.17. The highest BCUT2D eigenvalue weighted by atomic mass is 32.1. The molecule has 0 unspecified atom stereocenters. The molecular weight excluding hydrogens is 485 g/mol. The Morgan fingerprint density at radius 1 is 1.22 bits per heavy atom. The van der Waals surface area contributed by atoms with Gasteiger partial charge in [-0.25, -0.2) is 19.6 Å². The summed E-state index contributed by atoms with van der Waals surface area (Å²) in [5.41, 5.74) is 1.17. The maximum absolute atomic E-state index is 13.5. The minimum Gasteiger partial charge on any atom is -0.305 e. The molecule has 1 N–H and O–H groups in total. The van der Waals surface area contributed by atoms with E-state index in [1.807, 2.05) is 4.68 Å². The molecule has 10 nitrogen and oxygen atoms in total. The lowest BCUT2D eigenvalue weighted by molar-refractivity contribution is -0.380. The second kappa shape index (κ2) is 9.01. The Balaban J connectivity index is 1.59. The van der Waals surface area contributed by atoms with Gasteiger partial charge in [0.25, 0.3) is 5.91 Å². The lowest BCUT2D eigenvalue weighted by Crippen LogP contribution is -2.30. The summed E-state index contributed by atoms with van der Waals surface area (Å²) in [4.78, 5) is 36.6. The first-order valence-corrected chi connectivity index (χ1v) is 12.3. The van der Waals surface area contributed by atoms with Gasteiger partial charge in [0.15, 0.2) is 11.5 Å². The number of nitrogens with zero attached hydrogens (tertiary/aromatic N) is 6. The number of fused-ring (bicyclic) bond motifs is 1. The Hall–Kier alpha value is -3.80. The Morgan fingerprint density at radius 3 is 2.69 bits per heavy atom. The van der Waals surface area contributed by atoms with Crippen molar-refractivity contribution in [2.24, 2.45) is 11.3 Å². The Bertz CT molecular complexity index is 1460. The van der Waals surface area contributed by atoms with Crippen molar-refractivity contribution < 1.29 is 14.1 Å². The predicted molar refractivity (Wildman–Crippen MR) is 133 cm³/mol. The van der Waals surface area contributed by atoms with Crippen LogP contribution < -0.4 is 5.32 Å². The van der Waals surface area contributed by atoms with E-state index in [0.29, 0.717) is 22.5 Å². The van der Waals surface area contributed by atoms with Gasteiger partial charge in [0, 0.05) is 17.8 Å². The van der Waals surface area contributed by atoms with Gasteiger partial charge in [0.2, 0.25) is 5.95 Å². The van der Waals surface area contributed by atoms with E-state index in [4.69, 9.17) is 4.98 Å². The Morgan fingerprint density at radius 2 is 2.03 bits per heavy atom. The first-order chi connectivity index (χ1) is 17.1. The summed E-state index contributed by atoms with van der Waals surface area (Å²) in [6, 6.07) is 5.53. The van der Waals surface area contributed by atoms with E-state index in [2.05, 4.69) is 41.2 Å². The number of hydrogen-bond donors (Lipinski definition) is 1. The summed E-state index contributed by atoms with van der Waals surface area (Å²) < 4.78 is 15.3. The first kappa shape index (κ1) is 23.9. The number of nitrogens with one attached hydrogen (secondary N) is 1. The minimum atomic E-state index is -0.629. The average Bonchev–Trinajstić information content (AvgIpc) is 3.46. The monoisotopic (exact) mass is 509 g/mol. The zero-order valence-corrected chi connectivity index (χ0v) is 20.8. The van der Waals surface area contributed by atoms with E-state index >= 15 is 0 Å². The summed E-state index contributed by atoms with van der Waals surface area (Å²) in [6.07, 6.45) is 5.95. The number of carbonyl (C=O) groups excluding carboxylic acids is 1. The molecule has 5 rings (SSSR count). The smallest absolute Gasteiger partial charge is 0.305 e. The zero-order valence-electron chi connectivity index (χ0n) is 19.9. The van der Waals surface area contributed by atoms with Crippen LogP contribution in [-0.4, -0.2) is 35.6 Å². The maximum Gasteiger partial charge on any atom is 0.324 e. The number of nitro groups is 1. The van der Waals surface area contributed by atoms with E-state index < -0.39 is 16.8 Å². The summed E-state index contributed by atoms with van der Waals surface area (Å²) >= 11 is 0.777. The van der Waals surface area contributed by atoms with Gasteiger partial charge in [-0.1, -0.05) is 32.1 Å². The van der Waals surface area contributed by atoms with Crippen molar-refractivity contribution in [1.29, 1.82) is 0 Å². The number of pyridine rings is 1. The fraction of sp³-hybridized carbons (Fsp3) is 0.375. The molecule has 4 aromatic heterocycles. The molecule has 0 aliphatic heterocycles. The molecule has 0 radical (unpaired) electrons. The maximum atomic E-state index is 13.5. The normalized spacial score (nSPS) is 19.3. The van der Waals surface area contributed by atoms with Crippen LogP contribution in [0.4, 0.5) is 15.2 Å². The van der Waals surface area contributed by atoms with E-state index in [-0.39, 0.29) is 33.0 Å². The molecule has 0 spiro atoms. The molecule has 0 aromatic carbocycles. The summed E-state index contributed by atoms with van der Waals surface area (Å²) in [5, 5.41) is 18.9. The van der Waals surface area contributed by atoms with Crippen molar-refractivity contribution in [2.75, 3.05) is 5.32 Å². The second-order valence-corrected chi connectivity index (χ2v) is 11.1. The van der Waals surface area contributed by atoms with Gasteiger partial charge in [0.1, 0.15) is 5.82 Å². The molecule has 4 heterocycles. The van der Waals surface area contributed by atoms with Crippen molar-refractivity contribution in [3.8, 4) is 11.4 Å². The van der Waals surface area contributed by atoms with E-state index in [1.165, 1.54) is 30.5 Å². The molecule has 0 saturated heterocycles. The highest BCUT2D eigenvalue weighted by Gasteiger charge is 2.34. The molecular formula is C24H24FN7O3S. The molecule has 186 valence electrons. The lowest BCUT2D eigenvalue weighted by atomic mass is 9.70. The van der Waals surface area contributed by atoms with Crippen LogP contribution >= 0.6 is 11.3 Å². The number of thiophene rings is 1. The zero-order chi connectivity index (χ0) is 25.6. The van der Waals surface area contributed by atoms with Crippen molar-refractivity contribution in [2.45, 2.75) is 46.1 Å². The van der Waals surface area contributed by atoms with Gasteiger partial charge in [-0.05, 0) is 48.8 Å². The molecule has 1 fully saturated rings. The predicted octanol–water partition coefficient (Wildman–Crippen LogP) is 5.64. The third-order valence-corrected chi connectivity index (χ3v) is 7.41. The molecule has 0 bridgehead atoms. The van der Waals surface area contributed by atoms with Gasteiger partial charge < -0.3 is 5.32 Å². The highest BCUT2D eigenvalue weighted by Crippen LogP contribution is 2.44. The fourth-order valence-corrected chi connectivity index (χ4v) is 5.84. The van der Waals surface area contributed by atoms with Crippen LogP contribution in [0.25, 0.3) is 22.4 Å². The molecule has 36 heavy (non-hydrogen) atoms. The molecule has 4 aromatic rings. The largest absolute Gasteiger partial charge is 0.324 e. The molecule has 1 amide bonds. The van der Waals surface area contributed by atoms with Crippen LogP contribution in [0, 0.1) is 27.4 Å². The molecule has 12 heteroatoms. The number of carbonyl (C=O) groups is 1. The van der Waals surface area contributed by atoms with E-state index in [1.54, 1.807) is 6.20 Å². The standard InChI is InChI=1S/C24H24FN7O3S/c1-13-8-15(10-24(2,3)9-13)31-22-16(12-27-31)21(28-20(29-22)14-4-6-18(25)26-11-14)30-23(33)17-5-7-19(36-17)32(34)35/h4-7,11-13,15H,8-10H2,1-3H3,(H,28,29,30,33)/t13-,15-/m1/s1. The quantitative estimate of drug-likeness (QED) is 0.209. The number of aromatic nitrogens is 5. The Kier molecular flexibility index (Phi) is 5.99. The fourth-order valence-electron chi connectivity index (χ4n) is 5.12. The SMILES string of the molecule is C[C@@H]1C[C@@H](n2ncc3c(NC(=O)c4ccc([N+](=O)[O-])s4)nc(-c4ccc(F)nc4)nc32)CC(C)(C)C1. The van der Waals surface area contributed by atoms with Crippen LogP contribution in [0.3, 0.4) is 0 Å². The minimum absolute atomic E-state index is 0.110. The van der Waals surface area contributed by atoms with Crippen molar-refractivity contribution in [3.63, 3.8) is 0 Å². The van der Waals surface area contributed by atoms with Gasteiger partial charge in [0.05, 0.1) is 27.4 Å². The third-order valence-electron chi connectivity index (χ3n) is 6.38. The summed E-state index contributed by atoms with van der Waals surface area (Å²) in [6.45, 7) is 6.73. The first-order valence-electron chi connectivity index (χ1n) is 11.5. The topological polar surface area (TPSA) is 129 Å². The van der Waals surface area contributed by atoms with E-state index in [0.717, 1.165) is 30.6 Å². The summed E-state index contributed by atoms with van der Waals surface area (Å²) in [5.74, 6) is -0.177. The van der Waals surface area contributed by atoms with Crippen LogP contribution in [0.5, 0.6) is 0 Å².